The van der Waals surface area contributed by atoms with Crippen molar-refractivity contribution in [2.24, 2.45) is 0 Å². The molecular weight excluding hydrogens is 238 g/mol. The van der Waals surface area contributed by atoms with E-state index in [1.165, 1.54) is 17.7 Å². The summed E-state index contributed by atoms with van der Waals surface area (Å²) in [5.41, 5.74) is 2.16. The van der Waals surface area contributed by atoms with Gasteiger partial charge in [0.25, 0.3) is 5.69 Å². The number of hydrogen-bond donors (Lipinski definition) is 0. The Kier molecular flexibility index (Phi) is 4.30. The third-order valence-corrected chi connectivity index (χ3v) is 2.69. The van der Waals surface area contributed by atoms with Gasteiger partial charge >= 0.3 is 0 Å². The third-order valence-electron chi connectivity index (χ3n) is 2.69. The summed E-state index contributed by atoms with van der Waals surface area (Å²) in [6.45, 7) is 0. The van der Waals surface area contributed by atoms with Gasteiger partial charge in [-0.05, 0) is 24.1 Å². The molecule has 2 aromatic carbocycles. The minimum Gasteiger partial charge on any atom is -0.258 e. The second-order valence-corrected chi connectivity index (χ2v) is 4.09. The molecule has 2 rings (SSSR count). The molecule has 0 N–H and O–H groups in total. The van der Waals surface area contributed by atoms with Crippen molar-refractivity contribution in [2.75, 3.05) is 0 Å². The first-order valence-electron chi connectivity index (χ1n) is 6.03. The van der Waals surface area contributed by atoms with E-state index in [0.717, 1.165) is 18.4 Å². The number of hydrogen-bond acceptors (Lipinski definition) is 2. The molecule has 3 heteroatoms. The summed E-state index contributed by atoms with van der Waals surface area (Å²) in [4.78, 5) is 10.1. The van der Waals surface area contributed by atoms with Gasteiger partial charge in [-0.3, -0.25) is 10.1 Å². The Hall–Kier alpha value is -2.60. The van der Waals surface area contributed by atoms with Crippen LogP contribution in [0.15, 0.2) is 54.6 Å². The minimum absolute atomic E-state index is 0.0924. The van der Waals surface area contributed by atoms with Gasteiger partial charge in [0.05, 0.1) is 4.92 Å². The second-order valence-electron chi connectivity index (χ2n) is 4.09. The Labute approximate surface area is 112 Å². The number of nitro benzene ring substituents is 1. The van der Waals surface area contributed by atoms with Crippen molar-refractivity contribution >= 4 is 5.69 Å². The van der Waals surface area contributed by atoms with E-state index in [0.29, 0.717) is 0 Å². The fourth-order valence-electron chi connectivity index (χ4n) is 1.68. The molecule has 94 valence electrons. The number of nitro groups is 1. The van der Waals surface area contributed by atoms with E-state index in [1.54, 1.807) is 12.1 Å². The van der Waals surface area contributed by atoms with E-state index in [9.17, 15) is 10.1 Å². The topological polar surface area (TPSA) is 43.1 Å². The number of rotatable bonds is 3. The molecule has 0 aliphatic heterocycles. The molecule has 0 spiro atoms. The van der Waals surface area contributed by atoms with Crippen LogP contribution in [0.1, 0.15) is 17.5 Å². The highest BCUT2D eigenvalue weighted by Gasteiger charge is 2.01. The molecule has 2 aromatic rings. The van der Waals surface area contributed by atoms with Crippen molar-refractivity contribution < 1.29 is 4.92 Å². The van der Waals surface area contributed by atoms with Gasteiger partial charge in [-0.2, -0.15) is 0 Å². The lowest BCUT2D eigenvalue weighted by atomic mass is 10.1. The monoisotopic (exact) mass is 251 g/mol. The third kappa shape index (κ3) is 3.97. The minimum atomic E-state index is -0.410. The molecule has 0 atom stereocenters. The highest BCUT2D eigenvalue weighted by molar-refractivity contribution is 5.41. The molecule has 0 aliphatic carbocycles. The summed E-state index contributed by atoms with van der Waals surface area (Å²) in [5, 5.41) is 10.5. The van der Waals surface area contributed by atoms with Crippen LogP contribution in [0.3, 0.4) is 0 Å². The fourth-order valence-corrected chi connectivity index (χ4v) is 1.68. The zero-order valence-electron chi connectivity index (χ0n) is 10.4. The summed E-state index contributed by atoms with van der Waals surface area (Å²) in [5.74, 6) is 6.09. The van der Waals surface area contributed by atoms with Crippen LogP contribution in [0.25, 0.3) is 0 Å². The van der Waals surface area contributed by atoms with E-state index in [1.807, 2.05) is 18.2 Å². The molecule has 0 radical (unpaired) electrons. The zero-order chi connectivity index (χ0) is 13.5. The number of non-ortho nitro benzene ring substituents is 1. The Balaban J connectivity index is 1.91. The number of nitrogens with zero attached hydrogens (tertiary/aromatic N) is 1. The van der Waals surface area contributed by atoms with Gasteiger partial charge in [0.2, 0.25) is 0 Å². The van der Waals surface area contributed by atoms with Crippen LogP contribution < -0.4 is 0 Å². The van der Waals surface area contributed by atoms with Crippen LogP contribution in [0.2, 0.25) is 0 Å². The van der Waals surface area contributed by atoms with Crippen molar-refractivity contribution in [1.82, 2.24) is 0 Å². The van der Waals surface area contributed by atoms with Crippen LogP contribution in [0.4, 0.5) is 5.69 Å². The first-order valence-corrected chi connectivity index (χ1v) is 6.03. The average Bonchev–Trinajstić information content (AvgIpc) is 2.45. The molecule has 0 saturated heterocycles. The summed E-state index contributed by atoms with van der Waals surface area (Å²) in [6.07, 6.45) is 1.70. The molecule has 0 unspecified atom stereocenters. The fraction of sp³-hybridized carbons (Fsp3) is 0.125. The molecule has 0 saturated carbocycles. The summed E-state index contributed by atoms with van der Waals surface area (Å²) in [7, 11) is 0. The standard InChI is InChI=1S/C16H13NO2/c18-17(19)16-12-10-15(11-13-16)9-5-4-8-14-6-2-1-3-7-14/h1-3,6-7,10-13H,4,8H2. The lowest BCUT2D eigenvalue weighted by molar-refractivity contribution is -0.384. The summed E-state index contributed by atoms with van der Waals surface area (Å²) in [6, 6.07) is 16.5. The van der Waals surface area contributed by atoms with Gasteiger partial charge in [0.15, 0.2) is 0 Å². The largest absolute Gasteiger partial charge is 0.269 e. The highest BCUT2D eigenvalue weighted by atomic mass is 16.6. The van der Waals surface area contributed by atoms with Crippen LogP contribution in [0, 0.1) is 22.0 Å². The molecule has 3 nitrogen and oxygen atoms in total. The Morgan fingerprint density at radius 1 is 1.00 bits per heavy atom. The average molecular weight is 251 g/mol. The van der Waals surface area contributed by atoms with Gasteiger partial charge in [0.1, 0.15) is 0 Å². The number of benzene rings is 2. The quantitative estimate of drug-likeness (QED) is 0.475. The Morgan fingerprint density at radius 3 is 2.32 bits per heavy atom. The normalized spacial score (nSPS) is 9.47. The van der Waals surface area contributed by atoms with E-state index in [-0.39, 0.29) is 5.69 Å². The van der Waals surface area contributed by atoms with E-state index < -0.39 is 4.92 Å². The molecule has 0 heterocycles. The van der Waals surface area contributed by atoms with Gasteiger partial charge < -0.3 is 0 Å². The van der Waals surface area contributed by atoms with Crippen LogP contribution in [-0.2, 0) is 6.42 Å². The van der Waals surface area contributed by atoms with Crippen molar-refractivity contribution in [3.63, 3.8) is 0 Å². The lowest BCUT2D eigenvalue weighted by Gasteiger charge is -1.95. The number of aryl methyl sites for hydroxylation is 1. The SMILES string of the molecule is O=[N+]([O-])c1ccc(C#CCCc2ccccc2)cc1. The van der Waals surface area contributed by atoms with E-state index in [2.05, 4.69) is 24.0 Å². The zero-order valence-corrected chi connectivity index (χ0v) is 10.4. The van der Waals surface area contributed by atoms with Crippen molar-refractivity contribution in [3.8, 4) is 11.8 Å². The van der Waals surface area contributed by atoms with E-state index in [4.69, 9.17) is 0 Å². The first-order chi connectivity index (χ1) is 9.25. The van der Waals surface area contributed by atoms with Crippen molar-refractivity contribution in [1.29, 1.82) is 0 Å². The molecule has 0 fully saturated rings. The molecule has 0 aromatic heterocycles. The molecule has 0 bridgehead atoms. The maximum atomic E-state index is 10.5. The predicted octanol–water partition coefficient (Wildman–Crippen LogP) is 3.58. The van der Waals surface area contributed by atoms with Crippen LogP contribution in [0.5, 0.6) is 0 Å². The maximum Gasteiger partial charge on any atom is 0.269 e. The van der Waals surface area contributed by atoms with Gasteiger partial charge in [-0.1, -0.05) is 42.2 Å². The van der Waals surface area contributed by atoms with Gasteiger partial charge in [0, 0.05) is 24.1 Å². The molecule has 0 amide bonds. The summed E-state index contributed by atoms with van der Waals surface area (Å²) < 4.78 is 0. The van der Waals surface area contributed by atoms with Crippen LogP contribution >= 0.6 is 0 Å². The molecular formula is C16H13NO2. The van der Waals surface area contributed by atoms with Gasteiger partial charge in [-0.15, -0.1) is 0 Å². The second kappa shape index (κ2) is 6.36. The predicted molar refractivity (Wildman–Crippen MR) is 74.7 cm³/mol. The first kappa shape index (κ1) is 12.8. The smallest absolute Gasteiger partial charge is 0.258 e. The van der Waals surface area contributed by atoms with Crippen molar-refractivity contribution in [3.05, 3.63) is 75.8 Å². The maximum absolute atomic E-state index is 10.5. The summed E-state index contributed by atoms with van der Waals surface area (Å²) >= 11 is 0. The Bertz CT molecular complexity index is 607. The van der Waals surface area contributed by atoms with Gasteiger partial charge in [-0.25, -0.2) is 0 Å². The van der Waals surface area contributed by atoms with E-state index >= 15 is 0 Å². The Morgan fingerprint density at radius 2 is 1.68 bits per heavy atom. The lowest BCUT2D eigenvalue weighted by Crippen LogP contribution is -1.87. The molecule has 0 aliphatic rings. The van der Waals surface area contributed by atoms with Crippen LogP contribution in [-0.4, -0.2) is 4.92 Å². The van der Waals surface area contributed by atoms with Crippen molar-refractivity contribution in [2.45, 2.75) is 12.8 Å². The molecule has 19 heavy (non-hydrogen) atoms. The highest BCUT2D eigenvalue weighted by Crippen LogP contribution is 2.11.